The van der Waals surface area contributed by atoms with Gasteiger partial charge in [0.25, 0.3) is 0 Å². The highest BCUT2D eigenvalue weighted by molar-refractivity contribution is 8.00. The van der Waals surface area contributed by atoms with Crippen molar-refractivity contribution in [2.45, 2.75) is 62.5 Å². The largest absolute Gasteiger partial charge is 0.508 e. The Labute approximate surface area is 220 Å². The van der Waals surface area contributed by atoms with Gasteiger partial charge in [-0.25, -0.2) is 0 Å². The van der Waals surface area contributed by atoms with Gasteiger partial charge in [-0.3, -0.25) is 4.79 Å². The summed E-state index contributed by atoms with van der Waals surface area (Å²) in [6, 6.07) is 22.6. The van der Waals surface area contributed by atoms with Crippen molar-refractivity contribution >= 4 is 17.5 Å². The number of phenols is 1. The number of Topliss-reactive ketones (excluding diaryl/α,β-unsaturated/α-hetero) is 1. The molecule has 0 radical (unpaired) electrons. The first-order valence-electron chi connectivity index (χ1n) is 13.1. The lowest BCUT2D eigenvalue weighted by Crippen LogP contribution is -2.21. The first-order valence-corrected chi connectivity index (χ1v) is 14.0. The maximum absolute atomic E-state index is 13.4. The number of phenolic OH excluding ortho intramolecular Hbond substituents is 1. The number of ether oxygens (including phenoxy) is 1. The van der Waals surface area contributed by atoms with Crippen molar-refractivity contribution in [3.8, 4) is 11.5 Å². The number of aromatic hydroxyl groups is 1. The normalized spacial score (nSPS) is 18.1. The van der Waals surface area contributed by atoms with Crippen molar-refractivity contribution in [1.82, 2.24) is 5.32 Å². The lowest BCUT2D eigenvalue weighted by atomic mass is 9.85. The summed E-state index contributed by atoms with van der Waals surface area (Å²) < 4.78 is 5.48. The van der Waals surface area contributed by atoms with Crippen LogP contribution in [-0.4, -0.2) is 30.6 Å². The summed E-state index contributed by atoms with van der Waals surface area (Å²) in [5, 5.41) is 12.9. The summed E-state index contributed by atoms with van der Waals surface area (Å²) in [6.45, 7) is 9.29. The Hall–Kier alpha value is -2.76. The minimum atomic E-state index is -0.256. The van der Waals surface area contributed by atoms with E-state index in [0.717, 1.165) is 21.8 Å². The van der Waals surface area contributed by atoms with Crippen molar-refractivity contribution in [2.24, 2.45) is 0 Å². The summed E-state index contributed by atoms with van der Waals surface area (Å²) in [5.41, 5.74) is 2.79. The highest BCUT2D eigenvalue weighted by Crippen LogP contribution is 2.55. The van der Waals surface area contributed by atoms with Crippen LogP contribution in [0.15, 0.2) is 77.7 Å². The van der Waals surface area contributed by atoms with E-state index in [1.54, 1.807) is 23.9 Å². The van der Waals surface area contributed by atoms with Gasteiger partial charge in [-0.2, -0.15) is 0 Å². The van der Waals surface area contributed by atoms with Gasteiger partial charge < -0.3 is 15.2 Å². The van der Waals surface area contributed by atoms with Gasteiger partial charge in [0, 0.05) is 15.7 Å². The van der Waals surface area contributed by atoms with Crippen LogP contribution in [0.2, 0.25) is 0 Å². The first kappa shape index (κ1) is 27.8. The fourth-order valence-corrected chi connectivity index (χ4v) is 5.74. The number of piperidine rings is 1. The van der Waals surface area contributed by atoms with Crippen LogP contribution in [0, 0.1) is 0 Å². The molecule has 2 atom stereocenters. The average Bonchev–Trinajstić information content (AvgIpc) is 3.31. The predicted molar refractivity (Wildman–Crippen MR) is 151 cm³/mol. The Morgan fingerprint density at radius 2 is 1.56 bits per heavy atom. The third kappa shape index (κ3) is 7.62. The van der Waals surface area contributed by atoms with Crippen LogP contribution in [0.5, 0.6) is 11.5 Å². The van der Waals surface area contributed by atoms with E-state index in [0.29, 0.717) is 12.2 Å². The van der Waals surface area contributed by atoms with Gasteiger partial charge in [0.15, 0.2) is 5.78 Å². The van der Waals surface area contributed by atoms with Gasteiger partial charge >= 0.3 is 0 Å². The summed E-state index contributed by atoms with van der Waals surface area (Å²) in [5.74, 6) is 0.848. The van der Waals surface area contributed by atoms with Crippen molar-refractivity contribution < 1.29 is 14.6 Å². The molecule has 2 unspecified atom stereocenters. The molecule has 5 rings (SSSR count). The summed E-state index contributed by atoms with van der Waals surface area (Å²) in [4.78, 5) is 14.6. The van der Waals surface area contributed by atoms with Gasteiger partial charge in [-0.1, -0.05) is 57.0 Å². The second-order valence-corrected chi connectivity index (χ2v) is 10.2. The summed E-state index contributed by atoms with van der Waals surface area (Å²) >= 11 is 1.71. The number of fused-ring (bicyclic) bond motifs is 1. The molecular formula is C31H39NO3S. The molecule has 36 heavy (non-hydrogen) atoms. The van der Waals surface area contributed by atoms with E-state index in [9.17, 15) is 9.90 Å². The van der Waals surface area contributed by atoms with E-state index in [1.165, 1.54) is 38.8 Å². The monoisotopic (exact) mass is 505 g/mol. The van der Waals surface area contributed by atoms with Crippen LogP contribution in [-0.2, 0) is 0 Å². The van der Waals surface area contributed by atoms with Crippen molar-refractivity contribution in [1.29, 1.82) is 0 Å². The minimum absolute atomic E-state index is 0.0120. The standard InChI is InChI=1S/C23H20O3S.C5H11N.C3H8/c1-2-26-18-13-9-15(10-14-18)22(25)21-19-5-3-4-6-20(19)27-23(21)16-7-11-17(24)12-8-16;1-2-4-6-5-3-1;1-3-2/h3-14,21,23-24H,2H2,1H3;6H,1-5H2;3H2,1-2H3. The molecule has 2 N–H and O–H groups in total. The average molecular weight is 506 g/mol. The summed E-state index contributed by atoms with van der Waals surface area (Å²) in [7, 11) is 0. The van der Waals surface area contributed by atoms with Gasteiger partial charge in [0.1, 0.15) is 11.5 Å². The van der Waals surface area contributed by atoms with E-state index in [-0.39, 0.29) is 22.7 Å². The lowest BCUT2D eigenvalue weighted by molar-refractivity contribution is 0.0958. The SMILES string of the molecule is C1CCNCC1.CCC.CCOc1ccc(C(=O)C2c3ccccc3SC2c2ccc(O)cc2)cc1. The number of rotatable bonds is 5. The molecule has 0 amide bonds. The number of ketones is 1. The molecule has 0 spiro atoms. The molecule has 0 bridgehead atoms. The highest BCUT2D eigenvalue weighted by atomic mass is 32.2. The third-order valence-corrected chi connectivity index (χ3v) is 7.40. The quantitative estimate of drug-likeness (QED) is 0.347. The highest BCUT2D eigenvalue weighted by Gasteiger charge is 2.39. The summed E-state index contributed by atoms with van der Waals surface area (Å²) in [6.07, 6.45) is 5.47. The van der Waals surface area contributed by atoms with Crippen molar-refractivity contribution in [3.63, 3.8) is 0 Å². The maximum atomic E-state index is 13.4. The zero-order valence-electron chi connectivity index (χ0n) is 21.7. The molecule has 2 aliphatic rings. The number of carbonyl (C=O) groups is 1. The molecule has 0 aromatic heterocycles. The van der Waals surface area contributed by atoms with Gasteiger partial charge in [-0.15, -0.1) is 11.8 Å². The number of benzene rings is 3. The number of carbonyl (C=O) groups excluding carboxylic acids is 1. The molecule has 192 valence electrons. The van der Waals surface area contributed by atoms with Crippen LogP contribution in [0.4, 0.5) is 0 Å². The molecule has 2 aliphatic heterocycles. The van der Waals surface area contributed by atoms with Crippen LogP contribution in [0.1, 0.15) is 79.1 Å². The third-order valence-electron chi connectivity index (χ3n) is 5.97. The van der Waals surface area contributed by atoms with Crippen LogP contribution < -0.4 is 10.1 Å². The predicted octanol–water partition coefficient (Wildman–Crippen LogP) is 7.78. The minimum Gasteiger partial charge on any atom is -0.508 e. The Kier molecular flexibility index (Phi) is 11.4. The Balaban J connectivity index is 0.000000341. The van der Waals surface area contributed by atoms with E-state index in [2.05, 4.69) is 25.2 Å². The molecule has 3 aromatic carbocycles. The van der Waals surface area contributed by atoms with Crippen LogP contribution in [0.25, 0.3) is 0 Å². The lowest BCUT2D eigenvalue weighted by Gasteiger charge is -2.19. The maximum Gasteiger partial charge on any atom is 0.171 e. The second kappa shape index (κ2) is 14.7. The van der Waals surface area contributed by atoms with Crippen molar-refractivity contribution in [2.75, 3.05) is 19.7 Å². The molecule has 5 heteroatoms. The topological polar surface area (TPSA) is 58.6 Å². The fraction of sp³-hybridized carbons (Fsp3) is 0.387. The molecule has 1 saturated heterocycles. The number of hydrogen-bond acceptors (Lipinski definition) is 5. The Morgan fingerprint density at radius 3 is 2.11 bits per heavy atom. The fourth-order valence-electron chi connectivity index (χ4n) is 4.28. The zero-order valence-corrected chi connectivity index (χ0v) is 22.5. The molecule has 2 heterocycles. The second-order valence-electron chi connectivity index (χ2n) is 8.98. The van der Waals surface area contributed by atoms with Gasteiger partial charge in [0.05, 0.1) is 12.5 Å². The molecule has 4 nitrogen and oxygen atoms in total. The molecule has 1 fully saturated rings. The number of thioether (sulfide) groups is 1. The Bertz CT molecular complexity index is 1050. The van der Waals surface area contributed by atoms with Crippen LogP contribution >= 0.6 is 11.8 Å². The number of hydrogen-bond donors (Lipinski definition) is 2. The number of nitrogens with one attached hydrogen (secondary N) is 1. The van der Waals surface area contributed by atoms with E-state index >= 15 is 0 Å². The Morgan fingerprint density at radius 1 is 0.917 bits per heavy atom. The first-order chi connectivity index (χ1) is 17.6. The van der Waals surface area contributed by atoms with E-state index in [1.807, 2.05) is 61.5 Å². The van der Waals surface area contributed by atoms with E-state index in [4.69, 9.17) is 4.74 Å². The molecule has 0 aliphatic carbocycles. The van der Waals surface area contributed by atoms with Crippen LogP contribution in [0.3, 0.4) is 0 Å². The van der Waals surface area contributed by atoms with Gasteiger partial charge in [0.2, 0.25) is 0 Å². The smallest absolute Gasteiger partial charge is 0.171 e. The van der Waals surface area contributed by atoms with E-state index < -0.39 is 0 Å². The zero-order chi connectivity index (χ0) is 25.8. The molecule has 3 aromatic rings. The molecular weight excluding hydrogens is 466 g/mol. The molecule has 0 saturated carbocycles. The van der Waals surface area contributed by atoms with Crippen molar-refractivity contribution in [3.05, 3.63) is 89.5 Å². The van der Waals surface area contributed by atoms with Gasteiger partial charge in [-0.05, 0) is 86.4 Å².